The Bertz CT molecular complexity index is 74.9. The Morgan fingerprint density at radius 1 is 1.62 bits per heavy atom. The van der Waals surface area contributed by atoms with Crippen LogP contribution in [0.15, 0.2) is 0 Å². The standard InChI is InChI=1S/C3H7B2O3/c6-4-8-5(7)3-1-2-3/h3,6-7H,1-2H2. The highest BCUT2D eigenvalue weighted by atomic mass is 16.5. The quantitative estimate of drug-likeness (QED) is 0.469. The summed E-state index contributed by atoms with van der Waals surface area (Å²) in [5.74, 6) is 0.262. The zero-order valence-corrected chi connectivity index (χ0v) is 4.45. The van der Waals surface area contributed by atoms with Gasteiger partial charge in [-0.1, -0.05) is 12.8 Å². The molecule has 5 heteroatoms. The third-order valence-corrected chi connectivity index (χ3v) is 1.23. The molecule has 1 aliphatic rings. The van der Waals surface area contributed by atoms with E-state index in [0.717, 1.165) is 12.8 Å². The first kappa shape index (κ1) is 6.13. The fraction of sp³-hybridized carbons (Fsp3) is 1.00. The van der Waals surface area contributed by atoms with Gasteiger partial charge in [-0.15, -0.1) is 0 Å². The van der Waals surface area contributed by atoms with Crippen LogP contribution in [0.2, 0.25) is 5.82 Å². The summed E-state index contributed by atoms with van der Waals surface area (Å²) in [5.41, 5.74) is 0. The molecule has 1 aliphatic carbocycles. The minimum Gasteiger partial charge on any atom is -0.453 e. The molecule has 0 unspecified atom stereocenters. The van der Waals surface area contributed by atoms with Crippen LogP contribution in [0.4, 0.5) is 0 Å². The van der Waals surface area contributed by atoms with E-state index < -0.39 is 7.12 Å². The topological polar surface area (TPSA) is 49.7 Å². The molecule has 0 spiro atoms. The zero-order valence-electron chi connectivity index (χ0n) is 4.45. The van der Waals surface area contributed by atoms with Crippen LogP contribution in [-0.4, -0.2) is 24.9 Å². The molecule has 0 saturated heterocycles. The van der Waals surface area contributed by atoms with Crippen LogP contribution >= 0.6 is 0 Å². The van der Waals surface area contributed by atoms with Gasteiger partial charge in [-0.2, -0.15) is 0 Å². The molecular formula is C3H7B2O3. The van der Waals surface area contributed by atoms with Crippen molar-refractivity contribution in [2.24, 2.45) is 0 Å². The summed E-state index contributed by atoms with van der Waals surface area (Å²) in [5, 5.41) is 16.8. The molecule has 0 aliphatic heterocycles. The SMILES string of the molecule is O[B]OB(O)C1CC1. The van der Waals surface area contributed by atoms with Crippen molar-refractivity contribution in [1.82, 2.24) is 0 Å². The molecule has 0 amide bonds. The average Bonchev–Trinajstić information content (AvgIpc) is 2.45. The Balaban J connectivity index is 2.03. The van der Waals surface area contributed by atoms with Gasteiger partial charge < -0.3 is 14.6 Å². The molecule has 1 rings (SSSR count). The number of hydrogen-bond donors (Lipinski definition) is 2. The zero-order chi connectivity index (χ0) is 5.98. The van der Waals surface area contributed by atoms with Crippen LogP contribution in [0.25, 0.3) is 0 Å². The van der Waals surface area contributed by atoms with E-state index in [2.05, 4.69) is 4.57 Å². The van der Waals surface area contributed by atoms with E-state index in [1.165, 1.54) is 0 Å². The molecule has 43 valence electrons. The van der Waals surface area contributed by atoms with Gasteiger partial charge in [-0.3, -0.25) is 0 Å². The highest BCUT2D eigenvalue weighted by molar-refractivity contribution is 6.52. The van der Waals surface area contributed by atoms with Crippen LogP contribution in [-0.2, 0) is 4.57 Å². The van der Waals surface area contributed by atoms with Crippen LogP contribution in [0.1, 0.15) is 12.8 Å². The van der Waals surface area contributed by atoms with Crippen molar-refractivity contribution in [2.75, 3.05) is 0 Å². The molecule has 3 nitrogen and oxygen atoms in total. The summed E-state index contributed by atoms with van der Waals surface area (Å²) < 4.78 is 4.35. The number of hydrogen-bond acceptors (Lipinski definition) is 3. The maximum Gasteiger partial charge on any atom is 0.470 e. The molecule has 0 aromatic rings. The smallest absolute Gasteiger partial charge is 0.453 e. The molecule has 0 heterocycles. The maximum absolute atomic E-state index is 8.78. The van der Waals surface area contributed by atoms with Crippen molar-refractivity contribution >= 4 is 14.8 Å². The van der Waals surface area contributed by atoms with Gasteiger partial charge >= 0.3 is 14.8 Å². The second-order valence-electron chi connectivity index (χ2n) is 1.97. The lowest BCUT2D eigenvalue weighted by Gasteiger charge is -1.99. The van der Waals surface area contributed by atoms with Crippen LogP contribution in [0.3, 0.4) is 0 Å². The Morgan fingerprint density at radius 2 is 2.25 bits per heavy atom. The Labute approximate surface area is 49.1 Å². The summed E-state index contributed by atoms with van der Waals surface area (Å²) in [7, 11) is -0.247. The molecule has 2 N–H and O–H groups in total. The van der Waals surface area contributed by atoms with Crippen molar-refractivity contribution in [3.05, 3.63) is 0 Å². The highest BCUT2D eigenvalue weighted by Crippen LogP contribution is 2.38. The van der Waals surface area contributed by atoms with Crippen molar-refractivity contribution in [2.45, 2.75) is 18.7 Å². The predicted molar refractivity (Wildman–Crippen MR) is 30.0 cm³/mol. The molecule has 0 bridgehead atoms. The maximum atomic E-state index is 8.78. The van der Waals surface area contributed by atoms with Gasteiger partial charge in [-0.05, 0) is 5.82 Å². The van der Waals surface area contributed by atoms with Crippen molar-refractivity contribution in [3.63, 3.8) is 0 Å². The van der Waals surface area contributed by atoms with E-state index in [9.17, 15) is 0 Å². The number of rotatable bonds is 3. The first-order chi connectivity index (χ1) is 3.84. The summed E-state index contributed by atoms with van der Waals surface area (Å²) in [6.07, 6.45) is 2.02. The van der Waals surface area contributed by atoms with Crippen LogP contribution in [0, 0.1) is 0 Å². The van der Waals surface area contributed by atoms with E-state index in [1.807, 2.05) is 0 Å². The lowest BCUT2D eigenvalue weighted by atomic mass is 9.81. The van der Waals surface area contributed by atoms with E-state index in [0.29, 0.717) is 7.69 Å². The molecule has 1 saturated carbocycles. The second-order valence-corrected chi connectivity index (χ2v) is 1.97. The molecule has 0 atom stereocenters. The van der Waals surface area contributed by atoms with E-state index in [4.69, 9.17) is 10.0 Å². The van der Waals surface area contributed by atoms with Gasteiger partial charge in [0.1, 0.15) is 0 Å². The Morgan fingerprint density at radius 3 is 2.62 bits per heavy atom. The molecular weight excluding hydrogens is 106 g/mol. The normalized spacial score (nSPS) is 18.2. The first-order valence-electron chi connectivity index (χ1n) is 2.64. The van der Waals surface area contributed by atoms with Crippen molar-refractivity contribution < 1.29 is 14.6 Å². The lowest BCUT2D eigenvalue weighted by Crippen LogP contribution is -2.20. The van der Waals surface area contributed by atoms with Gasteiger partial charge in [0.05, 0.1) is 0 Å². The van der Waals surface area contributed by atoms with Crippen molar-refractivity contribution in [3.8, 4) is 0 Å². The monoisotopic (exact) mass is 113 g/mol. The van der Waals surface area contributed by atoms with E-state index in [1.54, 1.807) is 0 Å². The predicted octanol–water partition coefficient (Wildman–Crippen LogP) is -0.826. The van der Waals surface area contributed by atoms with E-state index in [-0.39, 0.29) is 5.82 Å². The van der Waals surface area contributed by atoms with Gasteiger partial charge in [0.2, 0.25) is 0 Å². The summed E-state index contributed by atoms with van der Waals surface area (Å²) in [4.78, 5) is 0. The van der Waals surface area contributed by atoms with Crippen LogP contribution < -0.4 is 0 Å². The molecule has 1 fully saturated rings. The summed E-state index contributed by atoms with van der Waals surface area (Å²) >= 11 is 0. The minimum absolute atomic E-state index is 0.262. The third-order valence-electron chi connectivity index (χ3n) is 1.23. The average molecular weight is 113 g/mol. The van der Waals surface area contributed by atoms with Gasteiger partial charge in [0.25, 0.3) is 0 Å². The van der Waals surface area contributed by atoms with Gasteiger partial charge in [0, 0.05) is 0 Å². The highest BCUT2D eigenvalue weighted by Gasteiger charge is 2.35. The Kier molecular flexibility index (Phi) is 1.94. The third kappa shape index (κ3) is 1.51. The summed E-state index contributed by atoms with van der Waals surface area (Å²) in [6.45, 7) is 0. The van der Waals surface area contributed by atoms with E-state index >= 15 is 0 Å². The first-order valence-corrected chi connectivity index (χ1v) is 2.64. The summed E-state index contributed by atoms with van der Waals surface area (Å²) in [6, 6.07) is 0. The minimum atomic E-state index is -0.778. The largest absolute Gasteiger partial charge is 0.470 e. The fourth-order valence-corrected chi connectivity index (χ4v) is 0.555. The Hall–Kier alpha value is 0.00987. The van der Waals surface area contributed by atoms with Crippen molar-refractivity contribution in [1.29, 1.82) is 0 Å². The molecule has 1 radical (unpaired) electrons. The lowest BCUT2D eigenvalue weighted by molar-refractivity contribution is 0.377. The second kappa shape index (κ2) is 2.53. The fourth-order valence-electron chi connectivity index (χ4n) is 0.555. The van der Waals surface area contributed by atoms with Crippen LogP contribution in [0.5, 0.6) is 0 Å². The molecule has 8 heavy (non-hydrogen) atoms. The molecule has 0 aromatic carbocycles. The van der Waals surface area contributed by atoms with Gasteiger partial charge in [-0.25, -0.2) is 0 Å². The van der Waals surface area contributed by atoms with Gasteiger partial charge in [0.15, 0.2) is 0 Å². The molecule has 0 aromatic heterocycles.